The maximum atomic E-state index is 14.0. The third-order valence-electron chi connectivity index (χ3n) is 2.78. The Kier molecular flexibility index (Phi) is 3.70. The number of nitrogens with zero attached hydrogens (tertiary/aromatic N) is 1. The van der Waals surface area contributed by atoms with Gasteiger partial charge in [-0.1, -0.05) is 0 Å². The van der Waals surface area contributed by atoms with Gasteiger partial charge >= 0.3 is 0 Å². The number of ether oxygens (including phenoxy) is 1. The third kappa shape index (κ3) is 2.73. The Morgan fingerprint density at radius 2 is 1.86 bits per heavy atom. The predicted molar refractivity (Wildman–Crippen MR) is 68.6 cm³/mol. The van der Waals surface area contributed by atoms with Crippen molar-refractivity contribution < 1.29 is 22.8 Å². The van der Waals surface area contributed by atoms with Crippen molar-refractivity contribution in [2.24, 2.45) is 0 Å². The molecule has 2 N–H and O–H groups in total. The Bertz CT molecular complexity index is 735. The second-order valence-corrected chi connectivity index (χ2v) is 4.19. The molecular formula is C13H9F3N2O3. The average molecular weight is 298 g/mol. The van der Waals surface area contributed by atoms with E-state index in [0.29, 0.717) is 6.07 Å². The van der Waals surface area contributed by atoms with E-state index in [0.717, 1.165) is 25.1 Å². The first-order valence-corrected chi connectivity index (χ1v) is 5.67. The zero-order valence-corrected chi connectivity index (χ0v) is 10.7. The van der Waals surface area contributed by atoms with Crippen LogP contribution in [0.25, 0.3) is 0 Å². The second kappa shape index (κ2) is 5.31. The molecular weight excluding hydrogens is 289 g/mol. The second-order valence-electron chi connectivity index (χ2n) is 4.19. The molecule has 0 spiro atoms. The molecule has 0 heterocycles. The summed E-state index contributed by atoms with van der Waals surface area (Å²) in [5.74, 6) is -4.07. The molecule has 0 aliphatic carbocycles. The van der Waals surface area contributed by atoms with Crippen LogP contribution in [0.5, 0.6) is 11.5 Å². The minimum absolute atomic E-state index is 0.0973. The number of hydrogen-bond donors (Lipinski definition) is 1. The van der Waals surface area contributed by atoms with Crippen molar-refractivity contribution in [3.63, 3.8) is 0 Å². The molecule has 0 unspecified atom stereocenters. The maximum Gasteiger partial charge on any atom is 0.278 e. The van der Waals surface area contributed by atoms with Crippen molar-refractivity contribution in [3.8, 4) is 11.5 Å². The van der Waals surface area contributed by atoms with Crippen LogP contribution in [0.3, 0.4) is 0 Å². The van der Waals surface area contributed by atoms with Crippen molar-refractivity contribution in [1.29, 1.82) is 0 Å². The van der Waals surface area contributed by atoms with Gasteiger partial charge in [0.15, 0.2) is 17.4 Å². The van der Waals surface area contributed by atoms with Gasteiger partial charge in [0.25, 0.3) is 5.69 Å². The van der Waals surface area contributed by atoms with Gasteiger partial charge in [-0.2, -0.15) is 0 Å². The van der Waals surface area contributed by atoms with Crippen molar-refractivity contribution in [2.75, 3.05) is 5.73 Å². The van der Waals surface area contributed by atoms with Crippen molar-refractivity contribution in [3.05, 3.63) is 57.4 Å². The summed E-state index contributed by atoms with van der Waals surface area (Å²) >= 11 is 0. The van der Waals surface area contributed by atoms with Gasteiger partial charge < -0.3 is 10.5 Å². The summed E-state index contributed by atoms with van der Waals surface area (Å²) in [6.45, 7) is 1.12. The summed E-state index contributed by atoms with van der Waals surface area (Å²) in [5, 5.41) is 10.7. The molecule has 0 saturated carbocycles. The first-order chi connectivity index (χ1) is 9.81. The van der Waals surface area contributed by atoms with Gasteiger partial charge in [-0.25, -0.2) is 13.2 Å². The lowest BCUT2D eigenvalue weighted by Gasteiger charge is -2.10. The van der Waals surface area contributed by atoms with Crippen LogP contribution in [0.15, 0.2) is 24.3 Å². The fourth-order valence-corrected chi connectivity index (χ4v) is 1.67. The molecule has 2 aromatic rings. The van der Waals surface area contributed by atoms with Crippen LogP contribution < -0.4 is 10.5 Å². The summed E-state index contributed by atoms with van der Waals surface area (Å²) in [6, 6.07) is 3.70. The van der Waals surface area contributed by atoms with E-state index in [9.17, 15) is 23.3 Å². The van der Waals surface area contributed by atoms with Crippen LogP contribution in [0.4, 0.5) is 24.5 Å². The van der Waals surface area contributed by atoms with Crippen LogP contribution in [0.1, 0.15) is 5.56 Å². The van der Waals surface area contributed by atoms with Gasteiger partial charge in [0.2, 0.25) is 0 Å². The van der Waals surface area contributed by atoms with Crippen molar-refractivity contribution in [1.82, 2.24) is 0 Å². The molecule has 0 radical (unpaired) electrons. The number of nitro groups is 1. The number of halogens is 3. The number of benzene rings is 2. The maximum absolute atomic E-state index is 14.0. The molecule has 0 amide bonds. The van der Waals surface area contributed by atoms with Gasteiger partial charge in [0, 0.05) is 6.07 Å². The first kappa shape index (κ1) is 14.6. The monoisotopic (exact) mass is 298 g/mol. The molecule has 0 atom stereocenters. The molecule has 0 fully saturated rings. The summed E-state index contributed by atoms with van der Waals surface area (Å²) in [6.07, 6.45) is 0. The SMILES string of the molecule is Cc1c([N+](=O)[O-])cc(F)c(Oc2ccc(F)c(N)c2)c1F. The van der Waals surface area contributed by atoms with Crippen LogP contribution in [-0.4, -0.2) is 4.92 Å². The lowest BCUT2D eigenvalue weighted by molar-refractivity contribution is -0.385. The van der Waals surface area contributed by atoms with Crippen molar-refractivity contribution in [2.45, 2.75) is 6.92 Å². The van der Waals surface area contributed by atoms with Gasteiger partial charge in [-0.3, -0.25) is 10.1 Å². The highest BCUT2D eigenvalue weighted by Crippen LogP contribution is 2.34. The largest absolute Gasteiger partial charge is 0.451 e. The Hall–Kier alpha value is -2.77. The van der Waals surface area contributed by atoms with Crippen LogP contribution in [0.2, 0.25) is 0 Å². The number of anilines is 1. The highest BCUT2D eigenvalue weighted by atomic mass is 19.1. The van der Waals surface area contributed by atoms with Crippen LogP contribution >= 0.6 is 0 Å². The molecule has 0 saturated heterocycles. The molecule has 2 aromatic carbocycles. The predicted octanol–water partition coefficient (Wildman–Crippen LogP) is 3.70. The lowest BCUT2D eigenvalue weighted by Crippen LogP contribution is -2.01. The van der Waals surface area contributed by atoms with E-state index in [4.69, 9.17) is 10.5 Å². The van der Waals surface area contributed by atoms with Gasteiger partial charge in [-0.15, -0.1) is 0 Å². The van der Waals surface area contributed by atoms with Crippen LogP contribution in [-0.2, 0) is 0 Å². The highest BCUT2D eigenvalue weighted by molar-refractivity contribution is 5.50. The van der Waals surface area contributed by atoms with Crippen LogP contribution in [0, 0.1) is 34.5 Å². The number of hydrogen-bond acceptors (Lipinski definition) is 4. The van der Waals surface area contributed by atoms with E-state index in [-0.39, 0.29) is 17.0 Å². The normalized spacial score (nSPS) is 10.5. The fourth-order valence-electron chi connectivity index (χ4n) is 1.67. The number of nitro benzene ring substituents is 1. The van der Waals surface area contributed by atoms with Gasteiger partial charge in [-0.05, 0) is 19.1 Å². The van der Waals surface area contributed by atoms with E-state index in [2.05, 4.69) is 0 Å². The fraction of sp³-hybridized carbons (Fsp3) is 0.0769. The van der Waals surface area contributed by atoms with Crippen molar-refractivity contribution >= 4 is 11.4 Å². The Labute approximate surface area is 116 Å². The van der Waals surface area contributed by atoms with E-state index in [1.54, 1.807) is 0 Å². The topological polar surface area (TPSA) is 78.4 Å². The summed E-state index contributed by atoms with van der Waals surface area (Å²) in [5.41, 5.74) is 3.99. The van der Waals surface area contributed by atoms with E-state index < -0.39 is 33.8 Å². The third-order valence-corrected chi connectivity index (χ3v) is 2.78. The molecule has 5 nitrogen and oxygen atoms in total. The molecule has 0 aliphatic heterocycles. The van der Waals surface area contributed by atoms with Gasteiger partial charge in [0.05, 0.1) is 22.2 Å². The smallest absolute Gasteiger partial charge is 0.278 e. The van der Waals surface area contributed by atoms with E-state index >= 15 is 0 Å². The zero-order valence-electron chi connectivity index (χ0n) is 10.7. The zero-order chi connectivity index (χ0) is 15.7. The quantitative estimate of drug-likeness (QED) is 0.532. The molecule has 110 valence electrons. The lowest BCUT2D eigenvalue weighted by atomic mass is 10.1. The molecule has 0 bridgehead atoms. The van der Waals surface area contributed by atoms with E-state index in [1.807, 2.05) is 0 Å². The standard InChI is InChI=1S/C13H9F3N2O3/c1-6-11(18(19)20)5-9(15)13(12(6)16)21-7-2-3-8(14)10(17)4-7/h2-5H,17H2,1H3. The molecule has 0 aromatic heterocycles. The first-order valence-electron chi connectivity index (χ1n) is 5.67. The Balaban J connectivity index is 2.47. The van der Waals surface area contributed by atoms with E-state index in [1.165, 1.54) is 0 Å². The highest BCUT2D eigenvalue weighted by Gasteiger charge is 2.24. The average Bonchev–Trinajstić information content (AvgIpc) is 2.42. The minimum atomic E-state index is -1.24. The number of nitrogen functional groups attached to an aromatic ring is 1. The molecule has 21 heavy (non-hydrogen) atoms. The number of nitrogens with two attached hydrogens (primary N) is 1. The summed E-state index contributed by atoms with van der Waals surface area (Å²) < 4.78 is 45.7. The van der Waals surface area contributed by atoms with Gasteiger partial charge in [0.1, 0.15) is 11.6 Å². The number of rotatable bonds is 3. The summed E-state index contributed by atoms with van der Waals surface area (Å²) in [7, 11) is 0. The molecule has 2 rings (SSSR count). The molecule has 8 heteroatoms. The molecule has 0 aliphatic rings. The summed E-state index contributed by atoms with van der Waals surface area (Å²) in [4.78, 5) is 9.75. The Morgan fingerprint density at radius 3 is 2.43 bits per heavy atom. The minimum Gasteiger partial charge on any atom is -0.451 e. The Morgan fingerprint density at radius 1 is 1.19 bits per heavy atom.